The van der Waals surface area contributed by atoms with Crippen molar-refractivity contribution in [1.82, 2.24) is 0 Å². The average molecular weight is 744 g/mol. The summed E-state index contributed by atoms with van der Waals surface area (Å²) in [5.74, 6) is 1.14. The Morgan fingerprint density at radius 1 is 0.737 bits per heavy atom. The minimum absolute atomic E-state index is 0.0611. The molecule has 1 heterocycles. The summed E-state index contributed by atoms with van der Waals surface area (Å²) >= 11 is 0. The number of allylic oxidation sites excluding steroid dienone is 5. The molecule has 0 atom stereocenters. The van der Waals surface area contributed by atoms with Crippen LogP contribution in [0.25, 0.3) is 38.6 Å². The molecule has 1 aliphatic rings. The van der Waals surface area contributed by atoms with E-state index in [4.69, 9.17) is 14.4 Å². The zero-order valence-corrected chi connectivity index (χ0v) is 33.8. The maximum atomic E-state index is 6.21. The molecule has 0 unspecified atom stereocenters. The zero-order chi connectivity index (χ0) is 40.1. The third kappa shape index (κ3) is 7.64. The van der Waals surface area contributed by atoms with Crippen molar-refractivity contribution in [3.63, 3.8) is 0 Å². The fourth-order valence-electron chi connectivity index (χ4n) is 8.00. The molecule has 0 radical (unpaired) electrons. The van der Waals surface area contributed by atoms with Gasteiger partial charge >= 0.3 is 0 Å². The molecule has 4 nitrogen and oxygen atoms in total. The quantitative estimate of drug-likeness (QED) is 0.0911. The first kappa shape index (κ1) is 38.6. The fourth-order valence-corrected chi connectivity index (χ4v) is 8.00. The van der Waals surface area contributed by atoms with Crippen LogP contribution in [0.1, 0.15) is 72.2 Å². The van der Waals surface area contributed by atoms with Crippen LogP contribution in [0.3, 0.4) is 0 Å². The van der Waals surface area contributed by atoms with Crippen molar-refractivity contribution in [2.24, 2.45) is 15.0 Å². The van der Waals surface area contributed by atoms with Crippen LogP contribution in [0.2, 0.25) is 0 Å². The van der Waals surface area contributed by atoms with Gasteiger partial charge in [-0.3, -0.25) is 4.99 Å². The number of para-hydroxylation sites is 1. The molecule has 1 aliphatic carbocycles. The molecule has 0 bridgehead atoms. The number of rotatable bonds is 7. The van der Waals surface area contributed by atoms with Crippen molar-refractivity contribution >= 4 is 45.9 Å². The second kappa shape index (κ2) is 16.6. The molecule has 1 aromatic heterocycles. The molecule has 0 amide bonds. The molecule has 0 spiro atoms. The van der Waals surface area contributed by atoms with Crippen molar-refractivity contribution < 1.29 is 4.42 Å². The number of fused-ring (bicyclic) bond motifs is 6. The van der Waals surface area contributed by atoms with Gasteiger partial charge in [-0.2, -0.15) is 0 Å². The van der Waals surface area contributed by atoms with Gasteiger partial charge in [-0.1, -0.05) is 166 Å². The SMILES string of the molecule is C=C/C(=C(C)\C=C/C)c1ccc2c(c1C)-c1ccccc1C2(C)C.C=NC(=NC(=NCc1cccc2c1oc1ccc(C)cc12)c1ccccc1)c1ccccc1. The highest BCUT2D eigenvalue weighted by molar-refractivity contribution is 6.13. The van der Waals surface area contributed by atoms with Gasteiger partial charge < -0.3 is 4.42 Å². The minimum Gasteiger partial charge on any atom is -0.456 e. The summed E-state index contributed by atoms with van der Waals surface area (Å²) in [7, 11) is 0. The first-order chi connectivity index (χ1) is 27.7. The number of hydrogen-bond acceptors (Lipinski definition) is 2. The van der Waals surface area contributed by atoms with Crippen molar-refractivity contribution in [3.05, 3.63) is 208 Å². The first-order valence-electron chi connectivity index (χ1n) is 19.5. The lowest BCUT2D eigenvalue weighted by Gasteiger charge is -2.22. The predicted octanol–water partition coefficient (Wildman–Crippen LogP) is 13.8. The van der Waals surface area contributed by atoms with Crippen molar-refractivity contribution in [3.8, 4) is 11.1 Å². The fraction of sp³-hybridized carbons (Fsp3) is 0.151. The average Bonchev–Trinajstić information content (AvgIpc) is 3.72. The molecule has 0 N–H and O–H groups in total. The van der Waals surface area contributed by atoms with Crippen LogP contribution in [0.4, 0.5) is 0 Å². The second-order valence-corrected chi connectivity index (χ2v) is 15.0. The molecule has 8 rings (SSSR count). The van der Waals surface area contributed by atoms with E-state index in [1.165, 1.54) is 50.1 Å². The van der Waals surface area contributed by atoms with E-state index in [1.54, 1.807) is 0 Å². The Hall–Kier alpha value is -6.65. The third-order valence-corrected chi connectivity index (χ3v) is 10.9. The van der Waals surface area contributed by atoms with E-state index in [1.807, 2.05) is 72.8 Å². The number of nitrogens with zero attached hydrogens (tertiary/aromatic N) is 3. The molecule has 7 aromatic rings. The van der Waals surface area contributed by atoms with Crippen molar-refractivity contribution in [2.45, 2.75) is 53.5 Å². The van der Waals surface area contributed by atoms with E-state index >= 15 is 0 Å². The standard InChI is InChI=1S/C29H23N3O.C24H26/c1-20-16-17-26-25(18-20)24-15-9-14-23(27(24)33-26)19-31-29(22-12-7-4-8-13-22)32-28(30-2)21-10-5-3-6-11-21;1-7-11-16(3)18(8-2)19-14-15-22-23(17(19)4)20-12-9-10-13-21(20)24(22,5)6/h3-18H,2,19H2,1H3;7-15H,2H2,1,3-6H3/b;11-7-,18-16+. The molecule has 282 valence electrons. The van der Waals surface area contributed by atoms with Gasteiger partial charge in [0.25, 0.3) is 0 Å². The van der Waals surface area contributed by atoms with Crippen LogP contribution in [0.5, 0.6) is 0 Å². The van der Waals surface area contributed by atoms with Crippen LogP contribution in [-0.4, -0.2) is 18.4 Å². The lowest BCUT2D eigenvalue weighted by atomic mass is 9.81. The van der Waals surface area contributed by atoms with E-state index in [0.29, 0.717) is 18.2 Å². The lowest BCUT2D eigenvalue weighted by Crippen LogP contribution is -2.15. The topological polar surface area (TPSA) is 50.2 Å². The third-order valence-electron chi connectivity index (χ3n) is 10.9. The second-order valence-electron chi connectivity index (χ2n) is 15.0. The largest absolute Gasteiger partial charge is 0.456 e. The van der Waals surface area contributed by atoms with E-state index < -0.39 is 0 Å². The molecule has 0 saturated carbocycles. The van der Waals surface area contributed by atoms with Crippen molar-refractivity contribution in [2.75, 3.05) is 0 Å². The number of hydrogen-bond donors (Lipinski definition) is 0. The molecular formula is C53H49N3O. The van der Waals surface area contributed by atoms with E-state index in [0.717, 1.165) is 38.6 Å². The van der Waals surface area contributed by atoms with Gasteiger partial charge in [-0.15, -0.1) is 0 Å². The normalized spacial score (nSPS) is 13.9. The molecule has 0 fully saturated rings. The maximum Gasteiger partial charge on any atom is 0.161 e. The Morgan fingerprint density at radius 2 is 1.42 bits per heavy atom. The van der Waals surface area contributed by atoms with E-state index in [-0.39, 0.29) is 5.41 Å². The van der Waals surface area contributed by atoms with Gasteiger partial charge in [0, 0.05) is 32.9 Å². The lowest BCUT2D eigenvalue weighted by molar-refractivity contribution is 0.660. The van der Waals surface area contributed by atoms with E-state index in [9.17, 15) is 0 Å². The predicted molar refractivity (Wildman–Crippen MR) is 244 cm³/mol. The summed E-state index contributed by atoms with van der Waals surface area (Å²) in [6, 6.07) is 45.6. The Balaban J connectivity index is 0.000000183. The van der Waals surface area contributed by atoms with Crippen LogP contribution in [0.15, 0.2) is 183 Å². The van der Waals surface area contributed by atoms with Crippen LogP contribution in [0, 0.1) is 13.8 Å². The molecule has 0 saturated heterocycles. The van der Waals surface area contributed by atoms with Gasteiger partial charge in [0.05, 0.1) is 6.54 Å². The number of furan rings is 1. The van der Waals surface area contributed by atoms with Gasteiger partial charge in [0.1, 0.15) is 11.2 Å². The van der Waals surface area contributed by atoms with Gasteiger partial charge in [-0.05, 0) is 91.1 Å². The monoisotopic (exact) mass is 743 g/mol. The number of benzene rings is 6. The maximum absolute atomic E-state index is 6.21. The summed E-state index contributed by atoms with van der Waals surface area (Å²) < 4.78 is 6.21. The summed E-state index contributed by atoms with van der Waals surface area (Å²) in [6.45, 7) is 21.4. The van der Waals surface area contributed by atoms with Crippen LogP contribution in [-0.2, 0) is 12.0 Å². The Labute approximate surface area is 337 Å². The summed E-state index contributed by atoms with van der Waals surface area (Å²) in [4.78, 5) is 13.9. The summed E-state index contributed by atoms with van der Waals surface area (Å²) in [5, 5.41) is 2.23. The highest BCUT2D eigenvalue weighted by Crippen LogP contribution is 2.51. The smallest absolute Gasteiger partial charge is 0.161 e. The van der Waals surface area contributed by atoms with Crippen LogP contribution < -0.4 is 0 Å². The highest BCUT2D eigenvalue weighted by Gasteiger charge is 2.36. The molecule has 0 aliphatic heterocycles. The number of amidine groups is 2. The molecular weight excluding hydrogens is 695 g/mol. The van der Waals surface area contributed by atoms with Gasteiger partial charge in [0.2, 0.25) is 0 Å². The van der Waals surface area contributed by atoms with Gasteiger partial charge in [0.15, 0.2) is 11.7 Å². The van der Waals surface area contributed by atoms with Gasteiger partial charge in [-0.25, -0.2) is 9.98 Å². The Kier molecular flexibility index (Phi) is 11.3. The number of aliphatic imine (C=N–C) groups is 3. The molecule has 4 heteroatoms. The van der Waals surface area contributed by atoms with E-state index in [2.05, 4.69) is 139 Å². The Bertz CT molecular complexity index is 2740. The summed E-state index contributed by atoms with van der Waals surface area (Å²) in [5.41, 5.74) is 16.6. The molecule has 6 aromatic carbocycles. The Morgan fingerprint density at radius 3 is 2.11 bits per heavy atom. The number of aryl methyl sites for hydroxylation is 1. The first-order valence-corrected chi connectivity index (χ1v) is 19.5. The minimum atomic E-state index is 0.0611. The summed E-state index contributed by atoms with van der Waals surface area (Å²) in [6.07, 6.45) is 6.22. The highest BCUT2D eigenvalue weighted by atomic mass is 16.3. The van der Waals surface area contributed by atoms with Crippen molar-refractivity contribution in [1.29, 1.82) is 0 Å². The molecule has 57 heavy (non-hydrogen) atoms. The zero-order valence-electron chi connectivity index (χ0n) is 33.8. The van der Waals surface area contributed by atoms with Crippen LogP contribution >= 0.6 is 0 Å².